The van der Waals surface area contributed by atoms with E-state index in [2.05, 4.69) is 10.4 Å². The number of nitrogens with zero attached hydrogens (tertiary/aromatic N) is 2. The zero-order valence-corrected chi connectivity index (χ0v) is 9.27. The fourth-order valence-corrected chi connectivity index (χ4v) is 1.42. The van der Waals surface area contributed by atoms with Crippen molar-refractivity contribution in [3.63, 3.8) is 0 Å². The van der Waals surface area contributed by atoms with Gasteiger partial charge in [0, 0.05) is 18.9 Å². The highest BCUT2D eigenvalue weighted by Crippen LogP contribution is 2.22. The summed E-state index contributed by atoms with van der Waals surface area (Å²) in [5.74, 6) is 1.48. The Morgan fingerprint density at radius 3 is 2.50 bits per heavy atom. The minimum Gasteiger partial charge on any atom is -0.497 e. The molecule has 0 aliphatic carbocycles. The summed E-state index contributed by atoms with van der Waals surface area (Å²) >= 11 is 0. The van der Waals surface area contributed by atoms with Crippen LogP contribution in [0.2, 0.25) is 0 Å². The molecule has 0 saturated heterocycles. The van der Waals surface area contributed by atoms with Crippen molar-refractivity contribution in [2.75, 3.05) is 18.2 Å². The molecule has 0 saturated carbocycles. The van der Waals surface area contributed by atoms with Crippen LogP contribution in [0.5, 0.6) is 5.75 Å². The van der Waals surface area contributed by atoms with E-state index in [-0.39, 0.29) is 0 Å². The van der Waals surface area contributed by atoms with Crippen molar-refractivity contribution < 1.29 is 4.74 Å². The summed E-state index contributed by atoms with van der Waals surface area (Å²) in [4.78, 5) is 0. The Kier molecular flexibility index (Phi) is 2.68. The topological polar surface area (TPSA) is 65.1 Å². The Morgan fingerprint density at radius 2 is 2.00 bits per heavy atom. The Hall–Kier alpha value is -2.17. The standard InChI is InChI=1S/C11H14N4O/c1-15-7-10(12)11(14-15)13-8-3-5-9(16-2)6-4-8/h3-7H,12H2,1-2H3,(H,13,14). The number of aromatic nitrogens is 2. The molecule has 1 aromatic heterocycles. The lowest BCUT2D eigenvalue weighted by Crippen LogP contribution is -1.95. The number of rotatable bonds is 3. The van der Waals surface area contributed by atoms with Gasteiger partial charge in [0.1, 0.15) is 5.75 Å². The normalized spacial score (nSPS) is 10.1. The van der Waals surface area contributed by atoms with Gasteiger partial charge in [-0.2, -0.15) is 5.10 Å². The molecule has 0 amide bonds. The molecule has 0 bridgehead atoms. The van der Waals surface area contributed by atoms with Crippen LogP contribution in [0.4, 0.5) is 17.2 Å². The minimum absolute atomic E-state index is 0.623. The quantitative estimate of drug-likeness (QED) is 0.823. The smallest absolute Gasteiger partial charge is 0.175 e. The zero-order chi connectivity index (χ0) is 11.5. The molecule has 16 heavy (non-hydrogen) atoms. The van der Waals surface area contributed by atoms with E-state index < -0.39 is 0 Å². The maximum atomic E-state index is 5.77. The van der Waals surface area contributed by atoms with Crippen LogP contribution in [-0.2, 0) is 7.05 Å². The highest BCUT2D eigenvalue weighted by molar-refractivity contribution is 5.68. The van der Waals surface area contributed by atoms with Gasteiger partial charge >= 0.3 is 0 Å². The van der Waals surface area contributed by atoms with Crippen molar-refractivity contribution >= 4 is 17.2 Å². The van der Waals surface area contributed by atoms with Crippen molar-refractivity contribution in [2.24, 2.45) is 7.05 Å². The molecule has 0 aliphatic rings. The first-order chi connectivity index (χ1) is 7.69. The van der Waals surface area contributed by atoms with E-state index in [1.54, 1.807) is 18.0 Å². The molecule has 0 unspecified atom stereocenters. The summed E-state index contributed by atoms with van der Waals surface area (Å²) in [6.45, 7) is 0. The largest absolute Gasteiger partial charge is 0.497 e. The van der Waals surface area contributed by atoms with Crippen LogP contribution in [-0.4, -0.2) is 16.9 Å². The number of hydrogen-bond acceptors (Lipinski definition) is 4. The summed E-state index contributed by atoms with van der Waals surface area (Å²) in [5, 5.41) is 7.33. The number of aryl methyl sites for hydroxylation is 1. The molecule has 2 rings (SSSR count). The number of nitrogens with two attached hydrogens (primary N) is 1. The number of methoxy groups -OCH3 is 1. The predicted molar refractivity (Wildman–Crippen MR) is 63.9 cm³/mol. The fourth-order valence-electron chi connectivity index (χ4n) is 1.42. The third kappa shape index (κ3) is 2.08. The van der Waals surface area contributed by atoms with Crippen LogP contribution >= 0.6 is 0 Å². The van der Waals surface area contributed by atoms with Gasteiger partial charge in [-0.15, -0.1) is 0 Å². The molecule has 0 atom stereocenters. The van der Waals surface area contributed by atoms with Gasteiger partial charge < -0.3 is 15.8 Å². The first kappa shape index (κ1) is 10.4. The van der Waals surface area contributed by atoms with E-state index in [0.29, 0.717) is 11.5 Å². The lowest BCUT2D eigenvalue weighted by atomic mass is 10.3. The predicted octanol–water partition coefficient (Wildman–Crippen LogP) is 1.75. The first-order valence-electron chi connectivity index (χ1n) is 4.89. The van der Waals surface area contributed by atoms with Gasteiger partial charge in [-0.25, -0.2) is 0 Å². The SMILES string of the molecule is COc1ccc(Nc2nn(C)cc2N)cc1. The maximum absolute atomic E-state index is 5.77. The van der Waals surface area contributed by atoms with Crippen molar-refractivity contribution in [1.82, 2.24) is 9.78 Å². The molecular weight excluding hydrogens is 204 g/mol. The summed E-state index contributed by atoms with van der Waals surface area (Å²) in [6.07, 6.45) is 1.76. The molecule has 1 heterocycles. The molecule has 0 fully saturated rings. The number of ether oxygens (including phenoxy) is 1. The Labute approximate surface area is 93.8 Å². The second-order valence-electron chi connectivity index (χ2n) is 3.46. The summed E-state index contributed by atoms with van der Waals surface area (Å²) in [7, 11) is 3.47. The molecule has 5 nitrogen and oxygen atoms in total. The lowest BCUT2D eigenvalue weighted by Gasteiger charge is -2.05. The number of nitrogen functional groups attached to an aromatic ring is 1. The second-order valence-corrected chi connectivity index (χ2v) is 3.46. The van der Waals surface area contributed by atoms with Crippen LogP contribution in [0.3, 0.4) is 0 Å². The zero-order valence-electron chi connectivity index (χ0n) is 9.27. The van der Waals surface area contributed by atoms with E-state index >= 15 is 0 Å². The van der Waals surface area contributed by atoms with E-state index in [1.165, 1.54) is 0 Å². The van der Waals surface area contributed by atoms with Gasteiger partial charge in [0.2, 0.25) is 0 Å². The van der Waals surface area contributed by atoms with Crippen LogP contribution < -0.4 is 15.8 Å². The van der Waals surface area contributed by atoms with Crippen molar-refractivity contribution in [3.8, 4) is 5.75 Å². The molecule has 84 valence electrons. The number of hydrogen-bond donors (Lipinski definition) is 2. The highest BCUT2D eigenvalue weighted by Gasteiger charge is 2.03. The van der Waals surface area contributed by atoms with E-state index in [1.807, 2.05) is 31.3 Å². The monoisotopic (exact) mass is 218 g/mol. The van der Waals surface area contributed by atoms with Crippen LogP contribution in [0, 0.1) is 0 Å². The third-order valence-corrected chi connectivity index (χ3v) is 2.21. The molecule has 2 aromatic rings. The van der Waals surface area contributed by atoms with Crippen LogP contribution in [0.1, 0.15) is 0 Å². The molecule has 0 aliphatic heterocycles. The molecule has 3 N–H and O–H groups in total. The molecular formula is C11H14N4O. The van der Waals surface area contributed by atoms with Crippen LogP contribution in [0.25, 0.3) is 0 Å². The number of anilines is 3. The van der Waals surface area contributed by atoms with E-state index in [4.69, 9.17) is 10.5 Å². The van der Waals surface area contributed by atoms with Gasteiger partial charge in [0.25, 0.3) is 0 Å². The second kappa shape index (κ2) is 4.14. The lowest BCUT2D eigenvalue weighted by molar-refractivity contribution is 0.415. The highest BCUT2D eigenvalue weighted by atomic mass is 16.5. The van der Waals surface area contributed by atoms with Gasteiger partial charge in [-0.1, -0.05) is 0 Å². The Balaban J connectivity index is 2.17. The minimum atomic E-state index is 0.623. The Bertz CT molecular complexity index is 475. The van der Waals surface area contributed by atoms with Gasteiger partial charge in [0.05, 0.1) is 12.8 Å². The fraction of sp³-hybridized carbons (Fsp3) is 0.182. The summed E-state index contributed by atoms with van der Waals surface area (Å²) < 4.78 is 6.74. The maximum Gasteiger partial charge on any atom is 0.175 e. The average molecular weight is 218 g/mol. The van der Waals surface area contributed by atoms with Crippen molar-refractivity contribution in [3.05, 3.63) is 30.5 Å². The van der Waals surface area contributed by atoms with Crippen molar-refractivity contribution in [2.45, 2.75) is 0 Å². The number of nitrogens with one attached hydrogen (secondary N) is 1. The van der Waals surface area contributed by atoms with Crippen molar-refractivity contribution in [1.29, 1.82) is 0 Å². The third-order valence-electron chi connectivity index (χ3n) is 2.21. The van der Waals surface area contributed by atoms with Gasteiger partial charge in [0.15, 0.2) is 5.82 Å². The van der Waals surface area contributed by atoms with E-state index in [9.17, 15) is 0 Å². The first-order valence-corrected chi connectivity index (χ1v) is 4.89. The summed E-state index contributed by atoms with van der Waals surface area (Å²) in [5.41, 5.74) is 7.32. The summed E-state index contributed by atoms with van der Waals surface area (Å²) in [6, 6.07) is 7.57. The Morgan fingerprint density at radius 1 is 1.31 bits per heavy atom. The average Bonchev–Trinajstić information content (AvgIpc) is 2.59. The molecule has 0 radical (unpaired) electrons. The molecule has 0 spiro atoms. The molecule has 1 aromatic carbocycles. The number of benzene rings is 1. The van der Waals surface area contributed by atoms with Gasteiger partial charge in [-0.3, -0.25) is 4.68 Å². The van der Waals surface area contributed by atoms with E-state index in [0.717, 1.165) is 11.4 Å². The van der Waals surface area contributed by atoms with Crippen LogP contribution in [0.15, 0.2) is 30.5 Å². The van der Waals surface area contributed by atoms with Gasteiger partial charge in [-0.05, 0) is 24.3 Å². The molecule has 5 heteroatoms.